The van der Waals surface area contributed by atoms with E-state index in [4.69, 9.17) is 9.47 Å². The van der Waals surface area contributed by atoms with Crippen molar-refractivity contribution in [1.82, 2.24) is 5.32 Å². The second-order valence-electron chi connectivity index (χ2n) is 7.15. The van der Waals surface area contributed by atoms with Gasteiger partial charge in [-0.1, -0.05) is 37.3 Å². The summed E-state index contributed by atoms with van der Waals surface area (Å²) in [4.78, 5) is 2.44. The summed E-state index contributed by atoms with van der Waals surface area (Å²) >= 11 is 0. The van der Waals surface area contributed by atoms with Crippen molar-refractivity contribution in [2.45, 2.75) is 31.8 Å². The standard InChI is InChI=1S/C23H32N2O2/c1-4-23(27-3,14-13-19-7-5-6-8-22(19)26-2)20-9-11-21(12-10-20)25-17-15-24-16-18-25/h5-12,24H,4,13-18H2,1-3H3. The minimum atomic E-state index is -0.275. The predicted octanol–water partition coefficient (Wildman–Crippen LogP) is 3.99. The molecule has 1 N–H and O–H groups in total. The van der Waals surface area contributed by atoms with E-state index in [9.17, 15) is 0 Å². The van der Waals surface area contributed by atoms with E-state index in [1.54, 1.807) is 7.11 Å². The highest BCUT2D eigenvalue weighted by atomic mass is 16.5. The molecule has 0 bridgehead atoms. The zero-order valence-electron chi connectivity index (χ0n) is 16.8. The summed E-state index contributed by atoms with van der Waals surface area (Å²) in [6, 6.07) is 17.2. The van der Waals surface area contributed by atoms with Crippen molar-refractivity contribution in [3.05, 3.63) is 59.7 Å². The molecule has 0 aromatic heterocycles. The van der Waals surface area contributed by atoms with Crippen molar-refractivity contribution in [2.24, 2.45) is 0 Å². The Kier molecular flexibility index (Phi) is 6.75. The topological polar surface area (TPSA) is 33.7 Å². The van der Waals surface area contributed by atoms with Gasteiger partial charge in [0.2, 0.25) is 0 Å². The SMILES string of the molecule is CCC(CCc1ccccc1OC)(OC)c1ccc(N2CCNCC2)cc1. The van der Waals surface area contributed by atoms with E-state index in [-0.39, 0.29) is 5.60 Å². The third-order valence-electron chi connectivity index (χ3n) is 5.83. The number of para-hydroxylation sites is 1. The van der Waals surface area contributed by atoms with Crippen LogP contribution in [0.2, 0.25) is 0 Å². The molecule has 1 heterocycles. The maximum absolute atomic E-state index is 6.09. The fraction of sp³-hybridized carbons (Fsp3) is 0.478. The molecule has 4 nitrogen and oxygen atoms in total. The lowest BCUT2D eigenvalue weighted by Gasteiger charge is -2.34. The molecule has 2 aromatic rings. The number of methoxy groups -OCH3 is 2. The first-order valence-corrected chi connectivity index (χ1v) is 9.95. The number of nitrogens with one attached hydrogen (secondary N) is 1. The van der Waals surface area contributed by atoms with Crippen molar-refractivity contribution in [2.75, 3.05) is 45.3 Å². The molecule has 2 aromatic carbocycles. The molecule has 0 amide bonds. The molecular formula is C23H32N2O2. The third kappa shape index (κ3) is 4.45. The van der Waals surface area contributed by atoms with Crippen molar-refractivity contribution in [1.29, 1.82) is 0 Å². The summed E-state index contributed by atoms with van der Waals surface area (Å²) in [6.07, 6.45) is 2.78. The Bertz CT molecular complexity index is 705. The van der Waals surface area contributed by atoms with Gasteiger partial charge in [-0.05, 0) is 48.6 Å². The average molecular weight is 369 g/mol. The predicted molar refractivity (Wildman–Crippen MR) is 112 cm³/mol. The van der Waals surface area contributed by atoms with Crippen LogP contribution in [0.4, 0.5) is 5.69 Å². The average Bonchev–Trinajstić information content (AvgIpc) is 2.76. The smallest absolute Gasteiger partial charge is 0.122 e. The van der Waals surface area contributed by atoms with Gasteiger partial charge in [-0.2, -0.15) is 0 Å². The summed E-state index contributed by atoms with van der Waals surface area (Å²) in [6.45, 7) is 6.44. The van der Waals surface area contributed by atoms with Gasteiger partial charge < -0.3 is 19.7 Å². The summed E-state index contributed by atoms with van der Waals surface area (Å²) in [7, 11) is 3.56. The number of anilines is 1. The lowest BCUT2D eigenvalue weighted by atomic mass is 9.85. The molecule has 27 heavy (non-hydrogen) atoms. The van der Waals surface area contributed by atoms with E-state index in [0.29, 0.717) is 0 Å². The minimum absolute atomic E-state index is 0.275. The highest BCUT2D eigenvalue weighted by molar-refractivity contribution is 5.49. The molecule has 0 saturated carbocycles. The van der Waals surface area contributed by atoms with Crippen molar-refractivity contribution in [3.8, 4) is 5.75 Å². The van der Waals surface area contributed by atoms with E-state index in [2.05, 4.69) is 53.5 Å². The maximum atomic E-state index is 6.09. The lowest BCUT2D eigenvalue weighted by Crippen LogP contribution is -2.43. The number of hydrogen-bond donors (Lipinski definition) is 1. The van der Waals surface area contributed by atoms with Crippen LogP contribution in [0.25, 0.3) is 0 Å². The second-order valence-corrected chi connectivity index (χ2v) is 7.15. The fourth-order valence-electron chi connectivity index (χ4n) is 4.03. The lowest BCUT2D eigenvalue weighted by molar-refractivity contribution is -0.0255. The van der Waals surface area contributed by atoms with Crippen molar-refractivity contribution >= 4 is 5.69 Å². The molecule has 0 radical (unpaired) electrons. The van der Waals surface area contributed by atoms with Crippen LogP contribution in [-0.4, -0.2) is 40.4 Å². The van der Waals surface area contributed by atoms with E-state index in [0.717, 1.165) is 51.2 Å². The summed E-state index contributed by atoms with van der Waals surface area (Å²) in [5.41, 5.74) is 3.50. The summed E-state index contributed by atoms with van der Waals surface area (Å²) < 4.78 is 11.6. The van der Waals surface area contributed by atoms with Crippen LogP contribution in [0.3, 0.4) is 0 Å². The third-order valence-corrected chi connectivity index (χ3v) is 5.83. The first kappa shape index (κ1) is 19.7. The summed E-state index contributed by atoms with van der Waals surface area (Å²) in [5.74, 6) is 0.952. The number of aryl methyl sites for hydroxylation is 1. The van der Waals surface area contributed by atoms with Crippen LogP contribution >= 0.6 is 0 Å². The number of piperazine rings is 1. The molecule has 1 unspecified atom stereocenters. The van der Waals surface area contributed by atoms with Crippen LogP contribution in [-0.2, 0) is 16.8 Å². The molecule has 3 rings (SSSR count). The van der Waals surface area contributed by atoms with Crippen LogP contribution < -0.4 is 15.0 Å². The molecule has 0 spiro atoms. The molecule has 0 aliphatic carbocycles. The van der Waals surface area contributed by atoms with Gasteiger partial charge in [0, 0.05) is 39.0 Å². The molecule has 1 aliphatic heterocycles. The Labute approximate surface area is 163 Å². The Morgan fingerprint density at radius 1 is 1.00 bits per heavy atom. The largest absolute Gasteiger partial charge is 0.496 e. The highest BCUT2D eigenvalue weighted by Gasteiger charge is 2.30. The Hall–Kier alpha value is -2.04. The fourth-order valence-corrected chi connectivity index (χ4v) is 4.03. The Balaban J connectivity index is 1.76. The van der Waals surface area contributed by atoms with E-state index >= 15 is 0 Å². The molecule has 1 aliphatic rings. The monoisotopic (exact) mass is 368 g/mol. The number of nitrogens with zero attached hydrogens (tertiary/aromatic N) is 1. The number of ether oxygens (including phenoxy) is 2. The second kappa shape index (κ2) is 9.25. The Morgan fingerprint density at radius 2 is 1.70 bits per heavy atom. The number of benzene rings is 2. The van der Waals surface area contributed by atoms with Crippen LogP contribution in [0, 0.1) is 0 Å². The first-order valence-electron chi connectivity index (χ1n) is 9.95. The normalized spacial score (nSPS) is 16.8. The van der Waals surface area contributed by atoms with Crippen LogP contribution in [0.15, 0.2) is 48.5 Å². The van der Waals surface area contributed by atoms with Gasteiger partial charge in [0.05, 0.1) is 12.7 Å². The summed E-state index contributed by atoms with van der Waals surface area (Å²) in [5, 5.41) is 3.41. The quantitative estimate of drug-likeness (QED) is 0.764. The maximum Gasteiger partial charge on any atom is 0.122 e. The molecule has 1 saturated heterocycles. The molecular weight excluding hydrogens is 336 g/mol. The van der Waals surface area contributed by atoms with E-state index < -0.39 is 0 Å². The van der Waals surface area contributed by atoms with E-state index in [1.807, 2.05) is 19.2 Å². The Morgan fingerprint density at radius 3 is 2.33 bits per heavy atom. The van der Waals surface area contributed by atoms with Gasteiger partial charge in [-0.15, -0.1) is 0 Å². The first-order chi connectivity index (χ1) is 13.2. The van der Waals surface area contributed by atoms with Gasteiger partial charge in [0.25, 0.3) is 0 Å². The van der Waals surface area contributed by atoms with Crippen molar-refractivity contribution < 1.29 is 9.47 Å². The molecule has 1 atom stereocenters. The molecule has 4 heteroatoms. The zero-order chi connectivity index (χ0) is 19.1. The number of rotatable bonds is 8. The highest BCUT2D eigenvalue weighted by Crippen LogP contribution is 2.36. The minimum Gasteiger partial charge on any atom is -0.496 e. The van der Waals surface area contributed by atoms with Gasteiger partial charge in [0.1, 0.15) is 5.75 Å². The van der Waals surface area contributed by atoms with Crippen LogP contribution in [0.1, 0.15) is 30.9 Å². The van der Waals surface area contributed by atoms with Crippen LogP contribution in [0.5, 0.6) is 5.75 Å². The van der Waals surface area contributed by atoms with Crippen molar-refractivity contribution in [3.63, 3.8) is 0 Å². The van der Waals surface area contributed by atoms with Gasteiger partial charge in [0.15, 0.2) is 0 Å². The molecule has 146 valence electrons. The zero-order valence-corrected chi connectivity index (χ0v) is 16.8. The van der Waals surface area contributed by atoms with Gasteiger partial charge >= 0.3 is 0 Å². The van der Waals surface area contributed by atoms with Gasteiger partial charge in [-0.25, -0.2) is 0 Å². The number of hydrogen-bond acceptors (Lipinski definition) is 4. The van der Waals surface area contributed by atoms with Gasteiger partial charge in [-0.3, -0.25) is 0 Å². The molecule has 1 fully saturated rings. The van der Waals surface area contributed by atoms with E-state index in [1.165, 1.54) is 16.8 Å².